The highest BCUT2D eigenvalue weighted by Crippen LogP contribution is 2.38. The Kier molecular flexibility index (Phi) is 7.35. The molecule has 6 nitrogen and oxygen atoms in total. The van der Waals surface area contributed by atoms with Crippen LogP contribution in [0.2, 0.25) is 10.0 Å². The molecular formula is C22H22Cl2N4O2S2. The van der Waals surface area contributed by atoms with E-state index in [1.54, 1.807) is 22.2 Å². The number of rotatable bonds is 5. The second-order valence-electron chi connectivity index (χ2n) is 7.45. The zero-order valence-corrected chi connectivity index (χ0v) is 20.6. The minimum Gasteiger partial charge on any atom is -0.465 e. The number of halogens is 2. The number of fused-ring (bicyclic) bond motifs is 1. The zero-order chi connectivity index (χ0) is 22.7. The lowest BCUT2D eigenvalue weighted by molar-refractivity contribution is 0.0601. The molecule has 10 heteroatoms. The van der Waals surface area contributed by atoms with Gasteiger partial charge in [-0.1, -0.05) is 47.8 Å². The van der Waals surface area contributed by atoms with Gasteiger partial charge in [-0.2, -0.15) is 5.10 Å². The lowest BCUT2D eigenvalue weighted by Gasteiger charge is -2.10. The van der Waals surface area contributed by atoms with E-state index in [9.17, 15) is 4.79 Å². The van der Waals surface area contributed by atoms with E-state index in [4.69, 9.17) is 40.2 Å². The molecule has 0 aliphatic heterocycles. The van der Waals surface area contributed by atoms with Crippen molar-refractivity contribution in [1.29, 1.82) is 0 Å². The van der Waals surface area contributed by atoms with Crippen LogP contribution in [0.5, 0.6) is 0 Å². The highest BCUT2D eigenvalue weighted by Gasteiger charge is 2.26. The Balaban J connectivity index is 1.50. The number of carbonyl (C=O) groups is 1. The molecule has 1 aliphatic rings. The molecule has 32 heavy (non-hydrogen) atoms. The van der Waals surface area contributed by atoms with Crippen LogP contribution in [0.4, 0.5) is 10.8 Å². The van der Waals surface area contributed by atoms with Gasteiger partial charge >= 0.3 is 5.97 Å². The first-order valence-corrected chi connectivity index (χ1v) is 12.2. The number of thiophene rings is 1. The first kappa shape index (κ1) is 23.0. The molecule has 0 bridgehead atoms. The van der Waals surface area contributed by atoms with E-state index >= 15 is 0 Å². The minimum absolute atomic E-state index is 0.302. The highest BCUT2D eigenvalue weighted by atomic mass is 35.5. The Labute approximate surface area is 205 Å². The maximum Gasteiger partial charge on any atom is 0.341 e. The summed E-state index contributed by atoms with van der Waals surface area (Å²) in [5.74, 6) is 0.0747. The molecule has 0 amide bonds. The van der Waals surface area contributed by atoms with Crippen LogP contribution in [0.25, 0.3) is 0 Å². The van der Waals surface area contributed by atoms with Gasteiger partial charge in [0.25, 0.3) is 0 Å². The highest BCUT2D eigenvalue weighted by molar-refractivity contribution is 7.80. The zero-order valence-electron chi connectivity index (χ0n) is 17.4. The molecule has 0 spiro atoms. The first-order valence-electron chi connectivity index (χ1n) is 10.2. The van der Waals surface area contributed by atoms with E-state index in [0.29, 0.717) is 38.1 Å². The van der Waals surface area contributed by atoms with Gasteiger partial charge in [-0.3, -0.25) is 4.68 Å². The summed E-state index contributed by atoms with van der Waals surface area (Å²) >= 11 is 19.7. The summed E-state index contributed by atoms with van der Waals surface area (Å²) in [5.41, 5.74) is 2.59. The number of esters is 1. The minimum atomic E-state index is -0.350. The van der Waals surface area contributed by atoms with Crippen molar-refractivity contribution >= 4 is 68.7 Å². The molecule has 168 valence electrons. The van der Waals surface area contributed by atoms with E-state index in [1.807, 2.05) is 24.3 Å². The SMILES string of the molecule is COC(=O)c1c(NC(=S)Nc2nn(Cc3ccccc3Cl)cc2Cl)sc2c1CCCCC2. The topological polar surface area (TPSA) is 68.2 Å². The van der Waals surface area contributed by atoms with Crippen molar-refractivity contribution in [3.05, 3.63) is 62.1 Å². The molecule has 2 heterocycles. The summed E-state index contributed by atoms with van der Waals surface area (Å²) in [6.45, 7) is 0.478. The second-order valence-corrected chi connectivity index (χ2v) is 9.78. The van der Waals surface area contributed by atoms with E-state index < -0.39 is 0 Å². The number of carbonyl (C=O) groups excluding carboxylic acids is 1. The molecular weight excluding hydrogens is 487 g/mol. The van der Waals surface area contributed by atoms with E-state index in [0.717, 1.165) is 36.8 Å². The number of aryl methyl sites for hydroxylation is 1. The smallest absolute Gasteiger partial charge is 0.341 e. The van der Waals surface area contributed by atoms with E-state index in [1.165, 1.54) is 18.4 Å². The van der Waals surface area contributed by atoms with Gasteiger partial charge in [0.2, 0.25) is 0 Å². The lowest BCUT2D eigenvalue weighted by Crippen LogP contribution is -2.21. The van der Waals surface area contributed by atoms with Crippen molar-refractivity contribution in [2.45, 2.75) is 38.6 Å². The van der Waals surface area contributed by atoms with Gasteiger partial charge in [-0.25, -0.2) is 4.79 Å². The fourth-order valence-electron chi connectivity index (χ4n) is 3.75. The maximum atomic E-state index is 12.5. The third-order valence-corrected chi connectivity index (χ3v) is 7.33. The summed E-state index contributed by atoms with van der Waals surface area (Å²) in [5, 5.41) is 12.8. The van der Waals surface area contributed by atoms with Crippen LogP contribution in [-0.2, 0) is 24.1 Å². The number of nitrogens with zero attached hydrogens (tertiary/aromatic N) is 2. The van der Waals surface area contributed by atoms with Crippen LogP contribution in [0, 0.1) is 0 Å². The molecule has 0 radical (unpaired) electrons. The van der Waals surface area contributed by atoms with Gasteiger partial charge in [0.05, 0.1) is 19.2 Å². The Bertz CT molecular complexity index is 1160. The molecule has 0 unspecified atom stereocenters. The lowest BCUT2D eigenvalue weighted by atomic mass is 10.1. The van der Waals surface area contributed by atoms with Gasteiger partial charge in [0.1, 0.15) is 10.0 Å². The predicted octanol–water partition coefficient (Wildman–Crippen LogP) is 6.16. The molecule has 0 saturated heterocycles. The predicted molar refractivity (Wildman–Crippen MR) is 135 cm³/mol. The number of ether oxygens (including phenoxy) is 1. The van der Waals surface area contributed by atoms with Crippen molar-refractivity contribution < 1.29 is 9.53 Å². The van der Waals surface area contributed by atoms with Gasteiger partial charge in [0, 0.05) is 16.1 Å². The van der Waals surface area contributed by atoms with Gasteiger partial charge in [-0.05, 0) is 55.1 Å². The number of hydrogen-bond acceptors (Lipinski definition) is 5. The van der Waals surface area contributed by atoms with Crippen molar-refractivity contribution in [2.24, 2.45) is 0 Å². The molecule has 0 atom stereocenters. The average Bonchev–Trinajstić information content (AvgIpc) is 3.18. The Morgan fingerprint density at radius 1 is 1.19 bits per heavy atom. The van der Waals surface area contributed by atoms with Crippen molar-refractivity contribution in [3.63, 3.8) is 0 Å². The van der Waals surface area contributed by atoms with Crippen LogP contribution >= 0.6 is 46.8 Å². The molecule has 4 rings (SSSR count). The summed E-state index contributed by atoms with van der Waals surface area (Å²) in [4.78, 5) is 13.7. The normalized spacial score (nSPS) is 13.2. The summed E-state index contributed by atoms with van der Waals surface area (Å²) in [7, 11) is 1.40. The van der Waals surface area contributed by atoms with Crippen molar-refractivity contribution in [3.8, 4) is 0 Å². The maximum absolute atomic E-state index is 12.5. The van der Waals surface area contributed by atoms with Crippen LogP contribution in [-0.4, -0.2) is 28.0 Å². The molecule has 0 saturated carbocycles. The fraction of sp³-hybridized carbons (Fsp3) is 0.318. The van der Waals surface area contributed by atoms with Crippen molar-refractivity contribution in [1.82, 2.24) is 9.78 Å². The largest absolute Gasteiger partial charge is 0.465 e. The third-order valence-electron chi connectivity index (χ3n) is 5.28. The molecule has 0 fully saturated rings. The number of anilines is 2. The number of aromatic nitrogens is 2. The summed E-state index contributed by atoms with van der Waals surface area (Å²) < 4.78 is 6.74. The number of benzene rings is 1. The molecule has 2 N–H and O–H groups in total. The summed E-state index contributed by atoms with van der Waals surface area (Å²) in [6, 6.07) is 7.58. The van der Waals surface area contributed by atoms with E-state index in [2.05, 4.69) is 15.7 Å². The van der Waals surface area contributed by atoms with Gasteiger partial charge in [-0.15, -0.1) is 11.3 Å². The molecule has 1 aromatic carbocycles. The Morgan fingerprint density at radius 2 is 1.97 bits per heavy atom. The van der Waals surface area contributed by atoms with Crippen LogP contribution < -0.4 is 10.6 Å². The number of methoxy groups -OCH3 is 1. The van der Waals surface area contributed by atoms with E-state index in [-0.39, 0.29) is 5.97 Å². The Hall–Kier alpha value is -2.13. The van der Waals surface area contributed by atoms with Crippen molar-refractivity contribution in [2.75, 3.05) is 17.7 Å². The molecule has 3 aromatic rings. The van der Waals surface area contributed by atoms with Gasteiger partial charge < -0.3 is 15.4 Å². The second kappa shape index (κ2) is 10.2. The Morgan fingerprint density at radius 3 is 2.75 bits per heavy atom. The molecule has 1 aliphatic carbocycles. The average molecular weight is 509 g/mol. The van der Waals surface area contributed by atoms with Crippen LogP contribution in [0.3, 0.4) is 0 Å². The van der Waals surface area contributed by atoms with Crippen LogP contribution in [0.1, 0.15) is 45.6 Å². The fourth-order valence-corrected chi connectivity index (χ4v) is 5.69. The quantitative estimate of drug-likeness (QED) is 0.244. The van der Waals surface area contributed by atoms with Crippen LogP contribution in [0.15, 0.2) is 30.5 Å². The standard InChI is InChI=1S/C22H22Cl2N4O2S2/c1-30-21(29)18-14-8-3-2-4-10-17(14)32-20(18)26-22(31)25-19-16(24)12-28(27-19)11-13-7-5-6-9-15(13)23/h5-7,9,12H,2-4,8,10-11H2,1H3,(H2,25,26,27,31). The van der Waals surface area contributed by atoms with Gasteiger partial charge in [0.15, 0.2) is 10.9 Å². The number of nitrogens with one attached hydrogen (secondary N) is 2. The first-order chi connectivity index (χ1) is 15.5. The monoisotopic (exact) mass is 508 g/mol. The third kappa shape index (κ3) is 5.09. The number of thiocarbonyl (C=S) groups is 1. The number of hydrogen-bond donors (Lipinski definition) is 2. The molecule has 2 aromatic heterocycles. The summed E-state index contributed by atoms with van der Waals surface area (Å²) in [6.07, 6.45) is 6.90.